The topological polar surface area (TPSA) is 72.2 Å². The molecule has 112 valence electrons. The van der Waals surface area contributed by atoms with E-state index in [9.17, 15) is 21.6 Å². The Balaban J connectivity index is 2.44. The van der Waals surface area contributed by atoms with E-state index < -0.39 is 33.2 Å². The van der Waals surface area contributed by atoms with E-state index in [1.165, 1.54) is 6.07 Å². The maximum absolute atomic E-state index is 13.5. The average Bonchev–Trinajstić information content (AvgIpc) is 2.38. The normalized spacial score (nSPS) is 11.4. The molecule has 2 aromatic rings. The van der Waals surface area contributed by atoms with Crippen molar-refractivity contribution in [2.24, 2.45) is 0 Å². The first-order valence-electron chi connectivity index (χ1n) is 5.43. The Morgan fingerprint density at radius 2 is 1.76 bits per heavy atom. The number of sulfonamides is 1. The largest absolute Gasteiger partial charge is 0.397 e. The molecule has 0 aromatic heterocycles. The molecule has 0 atom stereocenters. The zero-order chi connectivity index (χ0) is 15.8. The summed E-state index contributed by atoms with van der Waals surface area (Å²) in [6.07, 6.45) is 0. The van der Waals surface area contributed by atoms with Crippen LogP contribution in [-0.4, -0.2) is 8.42 Å². The Labute approximate surface area is 123 Å². The van der Waals surface area contributed by atoms with Gasteiger partial charge in [-0.15, -0.1) is 0 Å². The predicted molar refractivity (Wildman–Crippen MR) is 73.0 cm³/mol. The molecule has 0 bridgehead atoms. The summed E-state index contributed by atoms with van der Waals surface area (Å²) in [6.45, 7) is 0. The molecule has 0 radical (unpaired) electrons. The molecular formula is C12H8ClF3N2O2S. The minimum absolute atomic E-state index is 0.00886. The molecule has 0 saturated heterocycles. The molecule has 9 heteroatoms. The third kappa shape index (κ3) is 3.22. The first kappa shape index (κ1) is 15.5. The quantitative estimate of drug-likeness (QED) is 0.668. The Bertz CT molecular complexity index is 812. The minimum atomic E-state index is -4.27. The Morgan fingerprint density at radius 3 is 2.38 bits per heavy atom. The summed E-state index contributed by atoms with van der Waals surface area (Å²) in [4.78, 5) is -0.325. The Hall–Kier alpha value is -1.93. The van der Waals surface area contributed by atoms with Crippen molar-refractivity contribution in [1.29, 1.82) is 0 Å². The molecule has 0 saturated carbocycles. The van der Waals surface area contributed by atoms with Crippen molar-refractivity contribution in [3.8, 4) is 0 Å². The lowest BCUT2D eigenvalue weighted by Gasteiger charge is -2.10. The van der Waals surface area contributed by atoms with Gasteiger partial charge < -0.3 is 5.73 Å². The molecule has 0 unspecified atom stereocenters. The van der Waals surface area contributed by atoms with Crippen LogP contribution in [0.15, 0.2) is 35.2 Å². The highest BCUT2D eigenvalue weighted by atomic mass is 35.5. The summed E-state index contributed by atoms with van der Waals surface area (Å²) < 4.78 is 65.3. The number of halogens is 4. The second kappa shape index (κ2) is 5.45. The number of anilines is 2. The van der Waals surface area contributed by atoms with Crippen LogP contribution in [0.1, 0.15) is 0 Å². The van der Waals surface area contributed by atoms with E-state index in [1.807, 2.05) is 0 Å². The van der Waals surface area contributed by atoms with Crippen LogP contribution in [0.3, 0.4) is 0 Å². The Kier molecular flexibility index (Phi) is 4.02. The average molecular weight is 337 g/mol. The molecule has 2 rings (SSSR count). The van der Waals surface area contributed by atoms with Gasteiger partial charge in [0, 0.05) is 12.1 Å². The van der Waals surface area contributed by atoms with Crippen molar-refractivity contribution in [2.75, 3.05) is 10.5 Å². The van der Waals surface area contributed by atoms with Gasteiger partial charge in [-0.3, -0.25) is 4.72 Å². The number of nitrogens with two attached hydrogens (primary N) is 1. The molecule has 3 N–H and O–H groups in total. The third-order valence-electron chi connectivity index (χ3n) is 2.52. The van der Waals surface area contributed by atoms with E-state index in [-0.39, 0.29) is 15.6 Å². The van der Waals surface area contributed by atoms with Crippen LogP contribution in [0.25, 0.3) is 0 Å². The molecule has 2 aromatic carbocycles. The van der Waals surface area contributed by atoms with Gasteiger partial charge in [-0.25, -0.2) is 21.6 Å². The first-order chi connectivity index (χ1) is 9.70. The highest BCUT2D eigenvalue weighted by molar-refractivity contribution is 7.92. The zero-order valence-corrected chi connectivity index (χ0v) is 11.8. The summed E-state index contributed by atoms with van der Waals surface area (Å²) in [6, 6.07) is 4.21. The van der Waals surface area contributed by atoms with Gasteiger partial charge in [-0.1, -0.05) is 11.6 Å². The number of nitrogens with one attached hydrogen (secondary N) is 1. The fourth-order valence-corrected chi connectivity index (χ4v) is 2.73. The number of hydrogen-bond donors (Lipinski definition) is 2. The molecule has 0 amide bonds. The standard InChI is InChI=1S/C12H8ClF3N2O2S/c13-8-2-1-7(5-10(8)17)21(19,20)18-11-4-6(14)3-9(15)12(11)16/h1-5,18H,17H2. The second-order valence-corrected chi connectivity index (χ2v) is 6.13. The number of benzene rings is 2. The van der Waals surface area contributed by atoms with Gasteiger partial charge in [-0.05, 0) is 18.2 Å². The van der Waals surface area contributed by atoms with Gasteiger partial charge in [0.2, 0.25) is 0 Å². The molecule has 21 heavy (non-hydrogen) atoms. The van der Waals surface area contributed by atoms with Crippen LogP contribution in [0.5, 0.6) is 0 Å². The molecular weight excluding hydrogens is 329 g/mol. The SMILES string of the molecule is Nc1cc(S(=O)(=O)Nc2cc(F)cc(F)c2F)ccc1Cl. The summed E-state index contributed by atoms with van der Waals surface area (Å²) in [5.41, 5.74) is 4.62. The second-order valence-electron chi connectivity index (χ2n) is 4.04. The van der Waals surface area contributed by atoms with Gasteiger partial charge in [0.05, 0.1) is 21.3 Å². The van der Waals surface area contributed by atoms with Crippen LogP contribution < -0.4 is 10.5 Å². The monoisotopic (exact) mass is 336 g/mol. The first-order valence-corrected chi connectivity index (χ1v) is 7.29. The highest BCUT2D eigenvalue weighted by Gasteiger charge is 2.20. The maximum atomic E-state index is 13.5. The van der Waals surface area contributed by atoms with Crippen LogP contribution >= 0.6 is 11.6 Å². The van der Waals surface area contributed by atoms with E-state index >= 15 is 0 Å². The van der Waals surface area contributed by atoms with Crippen LogP contribution in [0.4, 0.5) is 24.5 Å². The summed E-state index contributed by atoms with van der Waals surface area (Å²) in [5.74, 6) is -4.15. The van der Waals surface area contributed by atoms with E-state index in [0.29, 0.717) is 12.1 Å². The lowest BCUT2D eigenvalue weighted by Crippen LogP contribution is -2.15. The van der Waals surface area contributed by atoms with Crippen molar-refractivity contribution in [2.45, 2.75) is 4.90 Å². The minimum Gasteiger partial charge on any atom is -0.397 e. The van der Waals surface area contributed by atoms with Gasteiger partial charge in [-0.2, -0.15) is 0 Å². The summed E-state index contributed by atoms with van der Waals surface area (Å²) >= 11 is 5.66. The molecule has 0 spiro atoms. The molecule has 0 aliphatic rings. The lowest BCUT2D eigenvalue weighted by atomic mass is 10.3. The van der Waals surface area contributed by atoms with Gasteiger partial charge in [0.1, 0.15) is 5.82 Å². The number of rotatable bonds is 3. The molecule has 0 aliphatic heterocycles. The van der Waals surface area contributed by atoms with Gasteiger partial charge in [0.25, 0.3) is 10.0 Å². The molecule has 0 aliphatic carbocycles. The highest BCUT2D eigenvalue weighted by Crippen LogP contribution is 2.26. The number of hydrogen-bond acceptors (Lipinski definition) is 3. The smallest absolute Gasteiger partial charge is 0.262 e. The number of nitrogen functional groups attached to an aromatic ring is 1. The molecule has 4 nitrogen and oxygen atoms in total. The van der Waals surface area contributed by atoms with Crippen LogP contribution in [0.2, 0.25) is 5.02 Å². The van der Waals surface area contributed by atoms with Crippen LogP contribution in [0, 0.1) is 17.5 Å². The van der Waals surface area contributed by atoms with E-state index in [4.69, 9.17) is 17.3 Å². The summed E-state index contributed by atoms with van der Waals surface area (Å²) in [5, 5.41) is 0.136. The van der Waals surface area contributed by atoms with E-state index in [2.05, 4.69) is 0 Å². The third-order valence-corrected chi connectivity index (χ3v) is 4.22. The molecule has 0 fully saturated rings. The van der Waals surface area contributed by atoms with Gasteiger partial charge in [0.15, 0.2) is 11.6 Å². The van der Waals surface area contributed by atoms with E-state index in [0.717, 1.165) is 12.1 Å². The fourth-order valence-electron chi connectivity index (χ4n) is 1.52. The van der Waals surface area contributed by atoms with Crippen molar-refractivity contribution < 1.29 is 21.6 Å². The zero-order valence-electron chi connectivity index (χ0n) is 10.2. The predicted octanol–water partition coefficient (Wildman–Crippen LogP) is 3.14. The lowest BCUT2D eigenvalue weighted by molar-refractivity contribution is 0.498. The molecule has 0 heterocycles. The van der Waals surface area contributed by atoms with Crippen molar-refractivity contribution in [1.82, 2.24) is 0 Å². The van der Waals surface area contributed by atoms with E-state index in [1.54, 1.807) is 4.72 Å². The van der Waals surface area contributed by atoms with Crippen molar-refractivity contribution >= 4 is 33.0 Å². The Morgan fingerprint density at radius 1 is 1.10 bits per heavy atom. The van der Waals surface area contributed by atoms with Crippen molar-refractivity contribution in [3.63, 3.8) is 0 Å². The maximum Gasteiger partial charge on any atom is 0.262 e. The van der Waals surface area contributed by atoms with Crippen LogP contribution in [-0.2, 0) is 10.0 Å². The van der Waals surface area contributed by atoms with Crippen molar-refractivity contribution in [3.05, 3.63) is 52.8 Å². The van der Waals surface area contributed by atoms with Gasteiger partial charge >= 0.3 is 0 Å². The fraction of sp³-hybridized carbons (Fsp3) is 0. The summed E-state index contributed by atoms with van der Waals surface area (Å²) in [7, 11) is -4.27.